The Hall–Kier alpha value is -1.89. The lowest BCUT2D eigenvalue weighted by atomic mass is 10.0. The molecule has 0 saturated carbocycles. The summed E-state index contributed by atoms with van der Waals surface area (Å²) in [7, 11) is 0. The molecule has 8 nitrogen and oxygen atoms in total. The standard InChI is InChI=1S/C19H28N4O4S/c1-18(2,3)27-17(24)23-12(9-28-6)15-16(26-19(4,5)25-15)14(23)10-8-22-11(7-20)13(10)21/h8,12,14-16,22H,9,21H2,1-6H3/t12-,14-,15+,16?/m1/s1. The van der Waals surface area contributed by atoms with E-state index >= 15 is 0 Å². The summed E-state index contributed by atoms with van der Waals surface area (Å²) in [6.07, 6.45) is 2.47. The van der Waals surface area contributed by atoms with Gasteiger partial charge in [-0.2, -0.15) is 17.0 Å². The molecule has 0 radical (unpaired) electrons. The number of aromatic amines is 1. The van der Waals surface area contributed by atoms with Gasteiger partial charge >= 0.3 is 6.09 Å². The quantitative estimate of drug-likeness (QED) is 0.790. The molecule has 0 spiro atoms. The van der Waals surface area contributed by atoms with E-state index in [4.69, 9.17) is 19.9 Å². The summed E-state index contributed by atoms with van der Waals surface area (Å²) in [5.41, 5.74) is 6.80. The third-order valence-corrected chi connectivity index (χ3v) is 5.51. The second kappa shape index (κ2) is 7.17. The highest BCUT2D eigenvalue weighted by atomic mass is 32.2. The number of aromatic nitrogens is 1. The monoisotopic (exact) mass is 408 g/mol. The van der Waals surface area contributed by atoms with Crippen LogP contribution in [0.15, 0.2) is 6.20 Å². The smallest absolute Gasteiger partial charge is 0.411 e. The van der Waals surface area contributed by atoms with Gasteiger partial charge < -0.3 is 24.9 Å². The molecule has 3 heterocycles. The number of nitrogens with zero attached hydrogens (tertiary/aromatic N) is 2. The van der Waals surface area contributed by atoms with Crippen LogP contribution in [0.3, 0.4) is 0 Å². The van der Waals surface area contributed by atoms with Crippen molar-refractivity contribution >= 4 is 23.5 Å². The SMILES string of the molecule is CSC[C@@H]1[C@@H]2OC(C)(C)OC2[C@@H](c2c[nH]c(C#N)c2N)N1C(=O)OC(C)(C)C. The van der Waals surface area contributed by atoms with E-state index in [-0.39, 0.29) is 17.8 Å². The topological polar surface area (TPSA) is 114 Å². The van der Waals surface area contributed by atoms with Gasteiger partial charge in [-0.1, -0.05) is 0 Å². The average molecular weight is 409 g/mol. The highest BCUT2D eigenvalue weighted by Gasteiger charge is 2.60. The van der Waals surface area contributed by atoms with Crippen LogP contribution < -0.4 is 5.73 Å². The number of amides is 1. The highest BCUT2D eigenvalue weighted by Crippen LogP contribution is 2.49. The summed E-state index contributed by atoms with van der Waals surface area (Å²) < 4.78 is 18.1. The number of carbonyl (C=O) groups excluding carboxylic acids is 1. The lowest BCUT2D eigenvalue weighted by molar-refractivity contribution is -0.166. The molecule has 4 atom stereocenters. The van der Waals surface area contributed by atoms with Gasteiger partial charge in [0.2, 0.25) is 0 Å². The van der Waals surface area contributed by atoms with Crippen LogP contribution in [0.4, 0.5) is 10.5 Å². The van der Waals surface area contributed by atoms with Crippen LogP contribution in [-0.4, -0.2) is 57.6 Å². The lowest BCUT2D eigenvalue weighted by Gasteiger charge is -2.35. The number of nitriles is 1. The molecule has 1 aromatic rings. The zero-order valence-electron chi connectivity index (χ0n) is 17.1. The number of H-pyrrole nitrogens is 1. The number of nitrogens with one attached hydrogen (secondary N) is 1. The van der Waals surface area contributed by atoms with Crippen molar-refractivity contribution in [2.75, 3.05) is 17.7 Å². The van der Waals surface area contributed by atoms with E-state index in [1.54, 1.807) is 22.9 Å². The molecule has 0 bridgehead atoms. The van der Waals surface area contributed by atoms with Crippen molar-refractivity contribution in [3.8, 4) is 6.07 Å². The van der Waals surface area contributed by atoms with Crippen LogP contribution in [0.25, 0.3) is 0 Å². The van der Waals surface area contributed by atoms with E-state index in [2.05, 4.69) is 4.98 Å². The Labute approximate surface area is 169 Å². The van der Waals surface area contributed by atoms with Crippen molar-refractivity contribution < 1.29 is 19.0 Å². The molecule has 2 aliphatic rings. The number of carbonyl (C=O) groups is 1. The Bertz CT molecular complexity index is 795. The van der Waals surface area contributed by atoms with Crippen LogP contribution in [0.2, 0.25) is 0 Å². The molecule has 2 saturated heterocycles. The molecule has 9 heteroatoms. The Balaban J connectivity index is 2.08. The first-order valence-corrected chi connectivity index (χ1v) is 10.6. The summed E-state index contributed by atoms with van der Waals surface area (Å²) in [5, 5.41) is 9.28. The third kappa shape index (κ3) is 3.69. The van der Waals surface area contributed by atoms with Crippen molar-refractivity contribution in [2.45, 2.75) is 70.3 Å². The highest BCUT2D eigenvalue weighted by molar-refractivity contribution is 7.98. The number of likely N-dealkylation sites (tertiary alicyclic amines) is 1. The minimum atomic E-state index is -0.770. The molecule has 154 valence electrons. The maximum absolute atomic E-state index is 13.2. The second-order valence-corrected chi connectivity index (χ2v) is 9.48. The van der Waals surface area contributed by atoms with Crippen molar-refractivity contribution in [3.63, 3.8) is 0 Å². The van der Waals surface area contributed by atoms with E-state index in [1.165, 1.54) is 0 Å². The molecule has 1 unspecified atom stereocenters. The molecule has 0 aliphatic carbocycles. The van der Waals surface area contributed by atoms with Crippen molar-refractivity contribution in [3.05, 3.63) is 17.5 Å². The van der Waals surface area contributed by atoms with Crippen LogP contribution in [0.1, 0.15) is 51.9 Å². The number of nitrogens with two attached hydrogens (primary N) is 1. The number of ether oxygens (including phenoxy) is 3. The van der Waals surface area contributed by atoms with Gasteiger partial charge in [0, 0.05) is 17.5 Å². The zero-order chi connectivity index (χ0) is 20.9. The number of nitrogen functional groups attached to an aromatic ring is 1. The number of rotatable bonds is 3. The normalized spacial score (nSPS) is 28.8. The van der Waals surface area contributed by atoms with Gasteiger partial charge in [0.15, 0.2) is 5.79 Å². The first-order chi connectivity index (χ1) is 13.0. The van der Waals surface area contributed by atoms with Gasteiger partial charge in [-0.05, 0) is 40.9 Å². The summed E-state index contributed by atoms with van der Waals surface area (Å²) in [5.74, 6) is -0.112. The summed E-state index contributed by atoms with van der Waals surface area (Å²) in [4.78, 5) is 17.7. The predicted molar refractivity (Wildman–Crippen MR) is 107 cm³/mol. The fraction of sp³-hybridized carbons (Fsp3) is 0.684. The van der Waals surface area contributed by atoms with E-state index in [9.17, 15) is 10.1 Å². The number of thioether (sulfide) groups is 1. The van der Waals surface area contributed by atoms with Crippen LogP contribution >= 0.6 is 11.8 Å². The van der Waals surface area contributed by atoms with Gasteiger partial charge in [0.25, 0.3) is 0 Å². The number of anilines is 1. The molecule has 3 N–H and O–H groups in total. The summed E-state index contributed by atoms with van der Waals surface area (Å²) in [6, 6.07) is 1.28. The summed E-state index contributed by atoms with van der Waals surface area (Å²) in [6.45, 7) is 9.20. The van der Waals surface area contributed by atoms with Crippen molar-refractivity contribution in [2.24, 2.45) is 0 Å². The lowest BCUT2D eigenvalue weighted by Crippen LogP contribution is -2.46. The molecule has 28 heavy (non-hydrogen) atoms. The zero-order valence-corrected chi connectivity index (χ0v) is 17.9. The Morgan fingerprint density at radius 1 is 1.43 bits per heavy atom. The second-order valence-electron chi connectivity index (χ2n) is 8.56. The number of hydrogen-bond donors (Lipinski definition) is 2. The molecule has 1 amide bonds. The average Bonchev–Trinajstić information content (AvgIpc) is 3.16. The predicted octanol–water partition coefficient (Wildman–Crippen LogP) is 3.01. The fourth-order valence-corrected chi connectivity index (χ4v) is 4.60. The van der Waals surface area contributed by atoms with Crippen LogP contribution in [-0.2, 0) is 14.2 Å². The molecule has 2 fully saturated rings. The molecular formula is C19H28N4O4S. The van der Waals surface area contributed by atoms with E-state index < -0.39 is 29.6 Å². The van der Waals surface area contributed by atoms with Crippen molar-refractivity contribution in [1.82, 2.24) is 9.88 Å². The van der Waals surface area contributed by atoms with Gasteiger partial charge in [-0.15, -0.1) is 0 Å². The Morgan fingerprint density at radius 3 is 2.61 bits per heavy atom. The molecule has 3 rings (SSSR count). The van der Waals surface area contributed by atoms with E-state index in [0.717, 1.165) is 0 Å². The van der Waals surface area contributed by atoms with Gasteiger partial charge in [-0.25, -0.2) is 4.79 Å². The van der Waals surface area contributed by atoms with E-state index in [0.29, 0.717) is 17.0 Å². The molecular weight excluding hydrogens is 380 g/mol. The fourth-order valence-electron chi connectivity index (χ4n) is 3.91. The third-order valence-electron chi connectivity index (χ3n) is 4.84. The first kappa shape index (κ1) is 20.8. The van der Waals surface area contributed by atoms with E-state index in [1.807, 2.05) is 46.9 Å². The van der Waals surface area contributed by atoms with Gasteiger partial charge in [0.1, 0.15) is 29.6 Å². The number of fused-ring (bicyclic) bond motifs is 1. The molecule has 2 aliphatic heterocycles. The molecule has 0 aromatic carbocycles. The largest absolute Gasteiger partial charge is 0.444 e. The van der Waals surface area contributed by atoms with Crippen LogP contribution in [0, 0.1) is 11.3 Å². The maximum Gasteiger partial charge on any atom is 0.411 e. The minimum absolute atomic E-state index is 0.249. The summed E-state index contributed by atoms with van der Waals surface area (Å²) >= 11 is 1.62. The van der Waals surface area contributed by atoms with Gasteiger partial charge in [0.05, 0.1) is 17.8 Å². The Morgan fingerprint density at radius 2 is 2.07 bits per heavy atom. The Kier molecular flexibility index (Phi) is 5.34. The van der Waals surface area contributed by atoms with Crippen LogP contribution in [0.5, 0.6) is 0 Å². The molecule has 1 aromatic heterocycles. The van der Waals surface area contributed by atoms with Crippen molar-refractivity contribution in [1.29, 1.82) is 5.26 Å². The maximum atomic E-state index is 13.2. The number of hydrogen-bond acceptors (Lipinski definition) is 7. The first-order valence-electron chi connectivity index (χ1n) is 9.22. The van der Waals surface area contributed by atoms with Gasteiger partial charge in [-0.3, -0.25) is 4.90 Å². The minimum Gasteiger partial charge on any atom is -0.444 e.